The van der Waals surface area contributed by atoms with Crippen LogP contribution in [0.2, 0.25) is 0 Å². The largest absolute Gasteiger partial charge is 0.464 e. The van der Waals surface area contributed by atoms with E-state index in [9.17, 15) is 19.2 Å². The number of H-pyrrole nitrogens is 2. The summed E-state index contributed by atoms with van der Waals surface area (Å²) >= 11 is 1.62. The molecule has 390 valence electrons. The van der Waals surface area contributed by atoms with E-state index in [2.05, 4.69) is 38.2 Å². The van der Waals surface area contributed by atoms with Crippen molar-refractivity contribution in [1.82, 2.24) is 49.9 Å². The van der Waals surface area contributed by atoms with Gasteiger partial charge >= 0.3 is 12.2 Å². The van der Waals surface area contributed by atoms with Crippen molar-refractivity contribution in [2.24, 2.45) is 11.8 Å². The number of aromatic amines is 2. The van der Waals surface area contributed by atoms with Crippen molar-refractivity contribution in [3.8, 4) is 39.5 Å². The molecule has 6 aromatic rings. The van der Waals surface area contributed by atoms with Crippen molar-refractivity contribution in [3.05, 3.63) is 82.3 Å². The standard InChI is InChI=1S/C54H63FN10O8S/c1-27(2)44(61-52(68)70-6)48(66)63-16-8-10-38(63)47-57-25-36(60-47)31-21-34(55)43-40-22-32-20-30(12-13-37(32)65(40)50(73-41(43)23-31)42-26-58-51(74-42)54(5)14-15-54)35-24-56-46(59-35)39-11-9-17-64(39)49(67)45(62-53(69)71-7)33-18-28(3)72-29(4)19-33/h12-13,20-29,33,38-39,44-45,50H,8-11,14-19H2,1-7H3,(H,56,59)(H,57,60)(H,61,68)(H,62,69)/t28-,29+,33?,38-,39-,44-,45?,50?/m0/s1. The summed E-state index contributed by atoms with van der Waals surface area (Å²) < 4.78 is 41.8. The van der Waals surface area contributed by atoms with Crippen LogP contribution in [0.4, 0.5) is 14.0 Å². The Morgan fingerprint density at radius 1 is 0.824 bits per heavy atom. The molecule has 74 heavy (non-hydrogen) atoms. The topological polar surface area (TPSA) is 211 Å². The minimum absolute atomic E-state index is 0.0340. The van der Waals surface area contributed by atoms with Gasteiger partial charge in [0, 0.05) is 41.2 Å². The lowest BCUT2D eigenvalue weighted by molar-refractivity contribution is -0.138. The van der Waals surface area contributed by atoms with E-state index >= 15 is 4.39 Å². The van der Waals surface area contributed by atoms with Gasteiger partial charge < -0.3 is 49.3 Å². The van der Waals surface area contributed by atoms with Gasteiger partial charge in [0.25, 0.3) is 0 Å². The van der Waals surface area contributed by atoms with Crippen LogP contribution >= 0.6 is 11.3 Å². The Morgan fingerprint density at radius 2 is 1.46 bits per heavy atom. The molecule has 0 spiro atoms. The molecule has 3 saturated heterocycles. The number of aromatic nitrogens is 6. The van der Waals surface area contributed by atoms with E-state index in [4.69, 9.17) is 33.9 Å². The normalized spacial score (nSPS) is 23.7. The summed E-state index contributed by atoms with van der Waals surface area (Å²) in [7, 11) is 2.57. The first kappa shape index (κ1) is 49.4. The van der Waals surface area contributed by atoms with Crippen LogP contribution in [-0.2, 0) is 29.2 Å². The number of hydrogen-bond donors (Lipinski definition) is 4. The number of methoxy groups -OCH3 is 2. The Morgan fingerprint density at radius 3 is 2.09 bits per heavy atom. The fourth-order valence-electron chi connectivity index (χ4n) is 11.7. The van der Waals surface area contributed by atoms with Gasteiger partial charge in [0.15, 0.2) is 0 Å². The molecular formula is C54H63FN10O8S. The second-order valence-electron chi connectivity index (χ2n) is 21.3. The van der Waals surface area contributed by atoms with Gasteiger partial charge in [-0.2, -0.15) is 0 Å². The van der Waals surface area contributed by atoms with Crippen LogP contribution in [0.25, 0.3) is 44.7 Å². The van der Waals surface area contributed by atoms with Gasteiger partial charge in [-0.25, -0.2) is 28.9 Å². The molecule has 18 nitrogen and oxygen atoms in total. The number of rotatable bonds is 12. The van der Waals surface area contributed by atoms with E-state index in [1.54, 1.807) is 28.6 Å². The van der Waals surface area contributed by atoms with Gasteiger partial charge in [0.1, 0.15) is 35.3 Å². The number of ether oxygens (including phenoxy) is 4. The highest BCUT2D eigenvalue weighted by molar-refractivity contribution is 7.11. The highest BCUT2D eigenvalue weighted by Crippen LogP contribution is 2.52. The summed E-state index contributed by atoms with van der Waals surface area (Å²) in [6, 6.07) is 9.18. The maximum absolute atomic E-state index is 17.0. The summed E-state index contributed by atoms with van der Waals surface area (Å²) in [5.41, 5.74) is 4.58. The monoisotopic (exact) mass is 1030 g/mol. The van der Waals surface area contributed by atoms with E-state index in [0.29, 0.717) is 78.7 Å². The van der Waals surface area contributed by atoms with E-state index in [1.807, 2.05) is 63.1 Å². The maximum Gasteiger partial charge on any atom is 0.407 e. The summed E-state index contributed by atoms with van der Waals surface area (Å²) in [6.07, 6.45) is 9.56. The molecule has 5 aliphatic rings. The van der Waals surface area contributed by atoms with E-state index in [-0.39, 0.29) is 53.4 Å². The van der Waals surface area contributed by atoms with Crippen LogP contribution in [0.5, 0.6) is 5.75 Å². The molecule has 20 heteroatoms. The zero-order valence-electron chi connectivity index (χ0n) is 42.7. The zero-order valence-corrected chi connectivity index (χ0v) is 43.5. The Labute approximate surface area is 432 Å². The van der Waals surface area contributed by atoms with E-state index in [1.165, 1.54) is 20.3 Å². The maximum atomic E-state index is 17.0. The highest BCUT2D eigenvalue weighted by atomic mass is 32.1. The average molecular weight is 1030 g/mol. The Balaban J connectivity index is 0.900. The Hall–Kier alpha value is -6.80. The number of nitrogens with one attached hydrogen (secondary N) is 4. The molecule has 4 fully saturated rings. The molecule has 4 amide bonds. The smallest absolute Gasteiger partial charge is 0.407 e. The minimum Gasteiger partial charge on any atom is -0.464 e. The van der Waals surface area contributed by atoms with Gasteiger partial charge in [0.05, 0.1) is 89.0 Å². The Kier molecular flexibility index (Phi) is 13.0. The number of likely N-dealkylation sites (tertiary alicyclic amines) is 2. The predicted octanol–water partition coefficient (Wildman–Crippen LogP) is 9.31. The number of halogens is 1. The molecule has 11 rings (SSSR count). The lowest BCUT2D eigenvalue weighted by atomic mass is 9.85. The van der Waals surface area contributed by atoms with Crippen molar-refractivity contribution >= 4 is 46.2 Å². The number of benzene rings is 2. The number of carbonyl (C=O) groups is 4. The van der Waals surface area contributed by atoms with E-state index < -0.39 is 36.3 Å². The molecule has 1 aliphatic carbocycles. The molecule has 4 N–H and O–H groups in total. The van der Waals surface area contributed by atoms with Gasteiger partial charge in [-0.05, 0) is 107 Å². The second kappa shape index (κ2) is 19.5. The fourth-order valence-corrected chi connectivity index (χ4v) is 12.8. The first-order chi connectivity index (χ1) is 35.6. The van der Waals surface area contributed by atoms with Crippen LogP contribution in [0.1, 0.15) is 126 Å². The molecule has 4 aromatic heterocycles. The van der Waals surface area contributed by atoms with Gasteiger partial charge in [-0.15, -0.1) is 11.3 Å². The molecule has 0 radical (unpaired) electrons. The molecule has 8 heterocycles. The van der Waals surface area contributed by atoms with Crippen LogP contribution in [0.15, 0.2) is 55.0 Å². The average Bonchev–Trinajstić information content (AvgIpc) is 4.17. The number of imidazole rings is 2. The number of fused-ring (bicyclic) bond motifs is 5. The summed E-state index contributed by atoms with van der Waals surface area (Å²) in [5, 5.41) is 7.47. The predicted molar refractivity (Wildman–Crippen MR) is 274 cm³/mol. The lowest BCUT2D eigenvalue weighted by Gasteiger charge is -2.38. The van der Waals surface area contributed by atoms with Crippen LogP contribution in [-0.4, -0.2) is 115 Å². The van der Waals surface area contributed by atoms with Crippen molar-refractivity contribution < 1.29 is 42.5 Å². The van der Waals surface area contributed by atoms with Gasteiger partial charge in [-0.1, -0.05) is 26.8 Å². The summed E-state index contributed by atoms with van der Waals surface area (Å²) in [4.78, 5) is 78.9. The summed E-state index contributed by atoms with van der Waals surface area (Å²) in [6.45, 7) is 11.0. The van der Waals surface area contributed by atoms with Crippen LogP contribution in [0.3, 0.4) is 0 Å². The quantitative estimate of drug-likeness (QED) is 0.0907. The summed E-state index contributed by atoms with van der Waals surface area (Å²) in [5.74, 6) is 0.436. The lowest BCUT2D eigenvalue weighted by Crippen LogP contribution is -2.54. The molecular weight excluding hydrogens is 968 g/mol. The third-order valence-electron chi connectivity index (χ3n) is 15.7. The zero-order chi connectivity index (χ0) is 51.7. The minimum atomic E-state index is -0.777. The first-order valence-corrected chi connectivity index (χ1v) is 26.6. The van der Waals surface area contributed by atoms with Crippen molar-refractivity contribution in [2.75, 3.05) is 27.3 Å². The van der Waals surface area contributed by atoms with Gasteiger partial charge in [-0.3, -0.25) is 14.2 Å². The number of thiazole rings is 1. The SMILES string of the molecule is COC(=O)NC(C(=O)N1CCC[C@H]1c1ncc(-c2ccc3c(c2)cc2n3C(c3cnc(C4(C)CC4)s3)Oc3cc(-c4cnc([C@@H]5CCCN5C(=O)[C@@H](NC(=O)OC)C(C)C)[nH]4)cc(F)c3-2)[nH]1)C1C[C@@H](C)O[C@@H](C)C1. The molecule has 8 atom stereocenters. The molecule has 0 bridgehead atoms. The highest BCUT2D eigenvalue weighted by Gasteiger charge is 2.45. The van der Waals surface area contributed by atoms with Gasteiger partial charge in [0.2, 0.25) is 18.0 Å². The van der Waals surface area contributed by atoms with Crippen molar-refractivity contribution in [1.29, 1.82) is 0 Å². The van der Waals surface area contributed by atoms with Crippen LogP contribution in [0, 0.1) is 17.7 Å². The number of nitrogens with zero attached hydrogens (tertiary/aromatic N) is 6. The third kappa shape index (κ3) is 9.06. The third-order valence-corrected chi connectivity index (χ3v) is 17.1. The number of carbonyl (C=O) groups excluding carboxylic acids is 4. The number of hydrogen-bond acceptors (Lipinski definition) is 12. The molecule has 3 unspecified atom stereocenters. The fraction of sp³-hybridized carbons (Fsp3) is 0.500. The van der Waals surface area contributed by atoms with Crippen LogP contribution < -0.4 is 15.4 Å². The number of alkyl carbamates (subject to hydrolysis) is 2. The molecule has 2 aromatic carbocycles. The van der Waals surface area contributed by atoms with E-state index in [0.717, 1.165) is 57.7 Å². The first-order valence-electron chi connectivity index (χ1n) is 25.8. The van der Waals surface area contributed by atoms with Crippen molar-refractivity contribution in [3.63, 3.8) is 0 Å². The molecule has 4 aliphatic heterocycles. The Bertz CT molecular complexity index is 3130. The van der Waals surface area contributed by atoms with Crippen molar-refractivity contribution in [2.45, 2.75) is 134 Å². The number of amides is 4. The molecule has 1 saturated carbocycles. The second-order valence-corrected chi connectivity index (χ2v) is 22.4.